The van der Waals surface area contributed by atoms with Gasteiger partial charge in [0.25, 0.3) is 0 Å². The van der Waals surface area contributed by atoms with E-state index in [1.807, 2.05) is 0 Å². The summed E-state index contributed by atoms with van der Waals surface area (Å²) in [5.74, 6) is -2.49. The number of nitrogens with zero attached hydrogens (tertiary/aromatic N) is 1. The molecule has 0 unspecified atom stereocenters. The number of halogens is 3. The summed E-state index contributed by atoms with van der Waals surface area (Å²) in [6.45, 7) is -2.49. The van der Waals surface area contributed by atoms with Gasteiger partial charge in [0, 0.05) is 0 Å². The first-order chi connectivity index (χ1) is 8.06. The second-order valence-electron chi connectivity index (χ2n) is 2.87. The molecular weight excluding hydrogens is 283 g/mol. The van der Waals surface area contributed by atoms with Crippen LogP contribution in [0.25, 0.3) is 0 Å². The van der Waals surface area contributed by atoms with E-state index in [4.69, 9.17) is 0 Å². The predicted octanol–water partition coefficient (Wildman–Crippen LogP) is -0.516. The smallest absolute Gasteiger partial charge is 0.468 e. The van der Waals surface area contributed by atoms with Crippen LogP contribution in [0.5, 0.6) is 0 Å². The van der Waals surface area contributed by atoms with Crippen LogP contribution >= 0.6 is 0 Å². The average Bonchev–Trinajstić information content (AvgIpc) is 2.25. The molecule has 0 atom stereocenters. The van der Waals surface area contributed by atoms with E-state index in [-0.39, 0.29) is 4.31 Å². The number of carbonyl (C=O) groups is 2. The van der Waals surface area contributed by atoms with Gasteiger partial charge in [-0.15, -0.1) is 0 Å². The lowest BCUT2D eigenvalue weighted by atomic mass is 10.6. The highest BCUT2D eigenvalue weighted by atomic mass is 32.2. The van der Waals surface area contributed by atoms with E-state index in [1.54, 1.807) is 0 Å². The highest BCUT2D eigenvalue weighted by Gasteiger charge is 2.51. The molecule has 0 aromatic rings. The lowest BCUT2D eigenvalue weighted by molar-refractivity contribution is -0.143. The molecule has 0 aliphatic heterocycles. The van der Waals surface area contributed by atoms with Gasteiger partial charge in [-0.05, 0) is 0 Å². The molecule has 0 saturated carbocycles. The summed E-state index contributed by atoms with van der Waals surface area (Å²) in [6, 6.07) is 0. The Morgan fingerprint density at radius 1 is 1.06 bits per heavy atom. The van der Waals surface area contributed by atoms with Crippen molar-refractivity contribution >= 4 is 22.0 Å². The largest absolute Gasteiger partial charge is 0.511 e. The molecule has 0 fully saturated rings. The van der Waals surface area contributed by atoms with Gasteiger partial charge in [0.2, 0.25) is 0 Å². The Bertz CT molecular complexity index is 399. The number of sulfonamides is 1. The number of alkyl halides is 3. The fourth-order valence-electron chi connectivity index (χ4n) is 0.789. The molecule has 0 bridgehead atoms. The molecule has 0 spiro atoms. The van der Waals surface area contributed by atoms with E-state index < -0.39 is 40.6 Å². The van der Waals surface area contributed by atoms with Crippen LogP contribution in [0.15, 0.2) is 0 Å². The third kappa shape index (κ3) is 4.14. The number of methoxy groups -OCH3 is 2. The molecule has 0 rings (SSSR count). The summed E-state index contributed by atoms with van der Waals surface area (Å²) in [5, 5.41) is 0. The Morgan fingerprint density at radius 2 is 1.39 bits per heavy atom. The lowest BCUT2D eigenvalue weighted by Gasteiger charge is -2.20. The van der Waals surface area contributed by atoms with Crippen molar-refractivity contribution in [3.8, 4) is 0 Å². The van der Waals surface area contributed by atoms with Crippen LogP contribution in [-0.2, 0) is 29.1 Å². The highest BCUT2D eigenvalue weighted by molar-refractivity contribution is 7.90. The third-order valence-electron chi connectivity index (χ3n) is 1.70. The zero-order valence-electron chi connectivity index (χ0n) is 9.35. The van der Waals surface area contributed by atoms with Crippen LogP contribution in [0, 0.1) is 0 Å². The van der Waals surface area contributed by atoms with Gasteiger partial charge < -0.3 is 9.47 Å². The Morgan fingerprint density at radius 3 is 1.61 bits per heavy atom. The minimum atomic E-state index is -5.82. The SMILES string of the molecule is COC(=O)CN(CC(=O)OC)S(=O)(=O)C(F)(F)F. The molecule has 0 heterocycles. The number of rotatable bonds is 5. The van der Waals surface area contributed by atoms with Gasteiger partial charge in [0.15, 0.2) is 0 Å². The molecule has 0 N–H and O–H groups in total. The summed E-state index contributed by atoms with van der Waals surface area (Å²) >= 11 is 0. The first-order valence-corrected chi connectivity index (χ1v) is 5.70. The maximum atomic E-state index is 12.3. The molecule has 18 heavy (non-hydrogen) atoms. The maximum absolute atomic E-state index is 12.3. The van der Waals surface area contributed by atoms with Crippen LogP contribution in [0.4, 0.5) is 13.2 Å². The third-order valence-corrected chi connectivity index (χ3v) is 3.22. The van der Waals surface area contributed by atoms with E-state index >= 15 is 0 Å². The average molecular weight is 293 g/mol. The first kappa shape index (κ1) is 16.6. The van der Waals surface area contributed by atoms with Gasteiger partial charge in [-0.3, -0.25) is 9.59 Å². The molecule has 106 valence electrons. The molecule has 0 amide bonds. The molecule has 0 aromatic carbocycles. The van der Waals surface area contributed by atoms with E-state index in [9.17, 15) is 31.2 Å². The van der Waals surface area contributed by atoms with E-state index in [2.05, 4.69) is 9.47 Å². The summed E-state index contributed by atoms with van der Waals surface area (Å²) in [4.78, 5) is 21.6. The van der Waals surface area contributed by atoms with Crippen LogP contribution in [0.2, 0.25) is 0 Å². The van der Waals surface area contributed by atoms with E-state index in [0.29, 0.717) is 0 Å². The summed E-state index contributed by atoms with van der Waals surface area (Å²) in [7, 11) is -4.10. The van der Waals surface area contributed by atoms with Crippen LogP contribution in [-0.4, -0.2) is 57.5 Å². The van der Waals surface area contributed by atoms with Crippen molar-refractivity contribution in [2.24, 2.45) is 0 Å². The topological polar surface area (TPSA) is 90.0 Å². The Kier molecular flexibility index (Phi) is 5.55. The molecule has 7 nitrogen and oxygen atoms in total. The standard InChI is InChI=1S/C7H10F3NO6S/c1-16-5(12)3-11(4-6(13)17-2)18(14,15)7(8,9)10/h3-4H2,1-2H3. The molecule has 0 radical (unpaired) electrons. The number of hydrogen-bond donors (Lipinski definition) is 0. The monoisotopic (exact) mass is 293 g/mol. The van der Waals surface area contributed by atoms with Gasteiger partial charge in [0.1, 0.15) is 13.1 Å². The number of ether oxygens (including phenoxy) is 2. The zero-order chi connectivity index (χ0) is 14.6. The van der Waals surface area contributed by atoms with Crippen molar-refractivity contribution in [1.29, 1.82) is 0 Å². The minimum Gasteiger partial charge on any atom is -0.468 e. The van der Waals surface area contributed by atoms with Gasteiger partial charge in [-0.2, -0.15) is 17.5 Å². The van der Waals surface area contributed by atoms with E-state index in [1.165, 1.54) is 0 Å². The van der Waals surface area contributed by atoms with E-state index in [0.717, 1.165) is 14.2 Å². The molecule has 0 aromatic heterocycles. The van der Waals surface area contributed by atoms with Gasteiger partial charge in [-0.1, -0.05) is 0 Å². The van der Waals surface area contributed by atoms with Crippen molar-refractivity contribution < 1.29 is 40.7 Å². The summed E-state index contributed by atoms with van der Waals surface area (Å²) in [5.41, 5.74) is -5.63. The van der Waals surface area contributed by atoms with Crippen LogP contribution in [0.3, 0.4) is 0 Å². The number of esters is 2. The Balaban J connectivity index is 5.22. The summed E-state index contributed by atoms with van der Waals surface area (Å²) in [6.07, 6.45) is 0. The molecule has 0 aliphatic rings. The first-order valence-electron chi connectivity index (χ1n) is 4.26. The van der Waals surface area contributed by atoms with Crippen molar-refractivity contribution in [2.75, 3.05) is 27.3 Å². The number of hydrogen-bond acceptors (Lipinski definition) is 6. The normalized spacial score (nSPS) is 12.3. The Labute approximate surface area is 100 Å². The van der Waals surface area contributed by atoms with Crippen LogP contribution < -0.4 is 0 Å². The van der Waals surface area contributed by atoms with Gasteiger partial charge >= 0.3 is 27.5 Å². The molecule has 0 aliphatic carbocycles. The van der Waals surface area contributed by atoms with Gasteiger partial charge in [0.05, 0.1) is 14.2 Å². The maximum Gasteiger partial charge on any atom is 0.511 e. The molecule has 11 heteroatoms. The fraction of sp³-hybridized carbons (Fsp3) is 0.714. The second-order valence-corrected chi connectivity index (χ2v) is 4.80. The van der Waals surface area contributed by atoms with Crippen molar-refractivity contribution in [3.63, 3.8) is 0 Å². The molecular formula is C7H10F3NO6S. The summed E-state index contributed by atoms with van der Waals surface area (Å²) < 4.78 is 66.6. The van der Waals surface area contributed by atoms with Gasteiger partial charge in [-0.25, -0.2) is 8.42 Å². The van der Waals surface area contributed by atoms with Crippen LogP contribution in [0.1, 0.15) is 0 Å². The Hall–Kier alpha value is -1.36. The number of carbonyl (C=O) groups excluding carboxylic acids is 2. The lowest BCUT2D eigenvalue weighted by Crippen LogP contribution is -2.46. The molecule has 0 saturated heterocycles. The predicted molar refractivity (Wildman–Crippen MR) is 50.6 cm³/mol. The fourth-order valence-corrected chi connectivity index (χ4v) is 1.63. The van der Waals surface area contributed by atoms with Crippen molar-refractivity contribution in [2.45, 2.75) is 5.51 Å². The second kappa shape index (κ2) is 6.00. The zero-order valence-corrected chi connectivity index (χ0v) is 10.2. The van der Waals surface area contributed by atoms with Crippen molar-refractivity contribution in [3.05, 3.63) is 0 Å². The highest BCUT2D eigenvalue weighted by Crippen LogP contribution is 2.26. The minimum absolute atomic E-state index is 0.370. The van der Waals surface area contributed by atoms with Crippen molar-refractivity contribution in [1.82, 2.24) is 4.31 Å². The quantitative estimate of drug-likeness (QED) is 0.634.